The van der Waals surface area contributed by atoms with Crippen LogP contribution < -0.4 is 4.74 Å². The van der Waals surface area contributed by atoms with Gasteiger partial charge in [-0.25, -0.2) is 13.2 Å². The molecule has 178 valence electrons. The van der Waals surface area contributed by atoms with E-state index in [1.54, 1.807) is 18.2 Å². The van der Waals surface area contributed by atoms with Crippen LogP contribution in [0.2, 0.25) is 0 Å². The SMILES string of the molecule is C=CCCc1ccc(-c2ccc(OC(F)(F)c3ccc(CC/C=C/C)c(F)c3)cc2F)cc1F. The summed E-state index contributed by atoms with van der Waals surface area (Å²) in [5, 5.41) is 0. The van der Waals surface area contributed by atoms with Crippen LogP contribution in [0.1, 0.15) is 36.5 Å². The average Bonchev–Trinajstić information content (AvgIpc) is 2.79. The molecule has 0 fully saturated rings. The van der Waals surface area contributed by atoms with E-state index in [0.717, 1.165) is 24.3 Å². The van der Waals surface area contributed by atoms with Crippen molar-refractivity contribution in [2.24, 2.45) is 0 Å². The molecule has 0 radical (unpaired) electrons. The van der Waals surface area contributed by atoms with E-state index in [2.05, 4.69) is 6.58 Å². The van der Waals surface area contributed by atoms with E-state index in [1.807, 2.05) is 19.1 Å². The number of ether oxygens (including phenoxy) is 1. The fraction of sp³-hybridized carbons (Fsp3) is 0.214. The maximum Gasteiger partial charge on any atom is 0.426 e. The van der Waals surface area contributed by atoms with E-state index >= 15 is 0 Å². The van der Waals surface area contributed by atoms with Gasteiger partial charge in [0.2, 0.25) is 0 Å². The maximum atomic E-state index is 14.7. The number of benzene rings is 3. The number of rotatable bonds is 10. The van der Waals surface area contributed by atoms with Crippen molar-refractivity contribution >= 4 is 0 Å². The van der Waals surface area contributed by atoms with Crippen LogP contribution in [0.4, 0.5) is 22.0 Å². The summed E-state index contributed by atoms with van der Waals surface area (Å²) >= 11 is 0. The first-order chi connectivity index (χ1) is 16.2. The van der Waals surface area contributed by atoms with E-state index in [1.165, 1.54) is 18.2 Å². The van der Waals surface area contributed by atoms with Crippen LogP contribution in [0.3, 0.4) is 0 Å². The summed E-state index contributed by atoms with van der Waals surface area (Å²) in [4.78, 5) is 0. The van der Waals surface area contributed by atoms with Gasteiger partial charge in [-0.1, -0.05) is 36.4 Å². The molecule has 0 saturated heterocycles. The fourth-order valence-electron chi connectivity index (χ4n) is 3.51. The van der Waals surface area contributed by atoms with Gasteiger partial charge in [-0.15, -0.1) is 6.58 Å². The van der Waals surface area contributed by atoms with Crippen LogP contribution in [0, 0.1) is 17.5 Å². The third kappa shape index (κ3) is 6.13. The van der Waals surface area contributed by atoms with Gasteiger partial charge in [0.25, 0.3) is 0 Å². The van der Waals surface area contributed by atoms with E-state index in [9.17, 15) is 22.0 Å². The topological polar surface area (TPSA) is 9.23 Å². The Hall–Kier alpha value is -3.41. The summed E-state index contributed by atoms with van der Waals surface area (Å²) in [6.07, 6.45) is 3.53. The minimum atomic E-state index is -3.88. The monoisotopic (exact) mass is 472 g/mol. The van der Waals surface area contributed by atoms with Crippen LogP contribution in [0.5, 0.6) is 5.75 Å². The van der Waals surface area contributed by atoms with E-state index in [4.69, 9.17) is 4.74 Å². The molecule has 3 aromatic carbocycles. The second kappa shape index (κ2) is 11.1. The van der Waals surface area contributed by atoms with Crippen molar-refractivity contribution in [3.8, 4) is 16.9 Å². The van der Waals surface area contributed by atoms with E-state index in [0.29, 0.717) is 36.8 Å². The second-order valence-corrected chi connectivity index (χ2v) is 7.81. The molecular weight excluding hydrogens is 447 g/mol. The zero-order chi connectivity index (χ0) is 24.7. The zero-order valence-electron chi connectivity index (χ0n) is 18.8. The molecule has 0 aromatic heterocycles. The summed E-state index contributed by atoms with van der Waals surface area (Å²) in [5.74, 6) is -2.53. The molecule has 0 bridgehead atoms. The lowest BCUT2D eigenvalue weighted by molar-refractivity contribution is -0.185. The lowest BCUT2D eigenvalue weighted by Gasteiger charge is -2.19. The molecule has 0 amide bonds. The highest BCUT2D eigenvalue weighted by molar-refractivity contribution is 5.65. The first-order valence-corrected chi connectivity index (χ1v) is 10.9. The van der Waals surface area contributed by atoms with Gasteiger partial charge in [0, 0.05) is 11.6 Å². The largest absolute Gasteiger partial charge is 0.429 e. The molecule has 34 heavy (non-hydrogen) atoms. The van der Waals surface area contributed by atoms with Crippen molar-refractivity contribution in [3.05, 3.63) is 114 Å². The first kappa shape index (κ1) is 25.2. The van der Waals surface area contributed by atoms with Crippen molar-refractivity contribution in [3.63, 3.8) is 0 Å². The van der Waals surface area contributed by atoms with E-state index in [-0.39, 0.29) is 11.1 Å². The lowest BCUT2D eigenvalue weighted by atomic mass is 10.0. The highest BCUT2D eigenvalue weighted by Gasteiger charge is 2.35. The molecule has 0 spiro atoms. The van der Waals surface area contributed by atoms with Crippen molar-refractivity contribution < 1.29 is 26.7 Å². The molecule has 6 heteroatoms. The third-order valence-electron chi connectivity index (χ3n) is 5.37. The Morgan fingerprint density at radius 2 is 1.50 bits per heavy atom. The fourth-order valence-corrected chi connectivity index (χ4v) is 3.51. The number of halogens is 5. The number of alkyl halides is 2. The average molecular weight is 472 g/mol. The van der Waals surface area contributed by atoms with Gasteiger partial charge in [-0.2, -0.15) is 8.78 Å². The summed E-state index contributed by atoms with van der Waals surface area (Å²) in [6, 6.07) is 10.6. The molecule has 3 rings (SSSR count). The highest BCUT2D eigenvalue weighted by Crippen LogP contribution is 2.35. The Morgan fingerprint density at radius 3 is 2.12 bits per heavy atom. The molecule has 0 saturated carbocycles. The van der Waals surface area contributed by atoms with Crippen LogP contribution in [0.25, 0.3) is 11.1 Å². The Labute approximate surface area is 196 Å². The van der Waals surface area contributed by atoms with Gasteiger partial charge in [-0.3, -0.25) is 0 Å². The molecule has 0 aliphatic rings. The number of hydrogen-bond acceptors (Lipinski definition) is 1. The van der Waals surface area contributed by atoms with Gasteiger partial charge in [-0.05, 0) is 79.6 Å². The molecule has 0 atom stereocenters. The summed E-state index contributed by atoms with van der Waals surface area (Å²) in [6.45, 7) is 5.44. The Kier molecular flexibility index (Phi) is 8.26. The van der Waals surface area contributed by atoms with Crippen molar-refractivity contribution in [1.82, 2.24) is 0 Å². The quantitative estimate of drug-likeness (QED) is 0.212. The number of hydrogen-bond donors (Lipinski definition) is 0. The van der Waals surface area contributed by atoms with Gasteiger partial charge >= 0.3 is 6.11 Å². The van der Waals surface area contributed by atoms with Gasteiger partial charge in [0.15, 0.2) is 0 Å². The maximum absolute atomic E-state index is 14.7. The normalized spacial score (nSPS) is 11.7. The third-order valence-corrected chi connectivity index (χ3v) is 5.37. The minimum absolute atomic E-state index is 0.0429. The van der Waals surface area contributed by atoms with Crippen LogP contribution in [-0.2, 0) is 19.0 Å². The summed E-state index contributed by atoms with van der Waals surface area (Å²) < 4.78 is 77.2. The predicted molar refractivity (Wildman–Crippen MR) is 124 cm³/mol. The van der Waals surface area contributed by atoms with Crippen LogP contribution in [0.15, 0.2) is 79.4 Å². The number of aryl methyl sites for hydroxylation is 2. The molecule has 0 N–H and O–H groups in total. The second-order valence-electron chi connectivity index (χ2n) is 7.81. The molecule has 3 aromatic rings. The van der Waals surface area contributed by atoms with Crippen LogP contribution in [-0.4, -0.2) is 0 Å². The highest BCUT2D eigenvalue weighted by atomic mass is 19.3. The summed E-state index contributed by atoms with van der Waals surface area (Å²) in [5.41, 5.74) is 0.425. The Morgan fingerprint density at radius 1 is 0.824 bits per heavy atom. The van der Waals surface area contributed by atoms with Crippen molar-refractivity contribution in [2.75, 3.05) is 0 Å². The minimum Gasteiger partial charge on any atom is -0.429 e. The van der Waals surface area contributed by atoms with Crippen molar-refractivity contribution in [1.29, 1.82) is 0 Å². The molecular formula is C28H25F5O. The molecule has 0 heterocycles. The molecule has 1 nitrogen and oxygen atoms in total. The smallest absolute Gasteiger partial charge is 0.426 e. The standard InChI is InChI=1S/C28H25F5O/c1-3-5-7-9-20-12-13-22(17-26(20)30)28(32,33)34-23-14-15-24(27(31)18-23)21-11-10-19(8-6-4-2)25(29)16-21/h3-5,10-18H,2,6-9H2,1H3/b5-3+. The molecule has 0 aliphatic carbocycles. The Bertz CT molecular complexity index is 1180. The number of allylic oxidation sites excluding steroid dienone is 3. The zero-order valence-corrected chi connectivity index (χ0v) is 18.8. The lowest BCUT2D eigenvalue weighted by Crippen LogP contribution is -2.22. The van der Waals surface area contributed by atoms with E-state index < -0.39 is 34.9 Å². The van der Waals surface area contributed by atoms with Gasteiger partial charge in [0.1, 0.15) is 23.2 Å². The van der Waals surface area contributed by atoms with Gasteiger partial charge in [0.05, 0.1) is 5.56 Å². The van der Waals surface area contributed by atoms with Gasteiger partial charge < -0.3 is 4.74 Å². The van der Waals surface area contributed by atoms with Crippen molar-refractivity contribution in [2.45, 2.75) is 38.7 Å². The first-order valence-electron chi connectivity index (χ1n) is 10.9. The molecule has 0 unspecified atom stereocenters. The molecule has 0 aliphatic heterocycles. The summed E-state index contributed by atoms with van der Waals surface area (Å²) in [7, 11) is 0. The predicted octanol–water partition coefficient (Wildman–Crippen LogP) is 8.53. The van der Waals surface area contributed by atoms with Crippen LogP contribution >= 0.6 is 0 Å². The Balaban J connectivity index is 1.77.